The van der Waals surface area contributed by atoms with Crippen molar-refractivity contribution in [2.24, 2.45) is 0 Å². The van der Waals surface area contributed by atoms with Gasteiger partial charge in [0.25, 0.3) is 0 Å². The minimum atomic E-state index is -0.234. The second kappa shape index (κ2) is 5.69. The third kappa shape index (κ3) is 2.69. The molecule has 2 heterocycles. The Kier molecular flexibility index (Phi) is 3.75. The van der Waals surface area contributed by atoms with Crippen LogP contribution < -0.4 is 5.32 Å². The number of H-pyrrole nitrogens is 1. The minimum absolute atomic E-state index is 0.0766. The second-order valence-electron chi connectivity index (χ2n) is 5.55. The van der Waals surface area contributed by atoms with Crippen molar-refractivity contribution in [2.75, 3.05) is 13.1 Å². The lowest BCUT2D eigenvalue weighted by Gasteiger charge is -2.35. The van der Waals surface area contributed by atoms with Crippen LogP contribution in [0.25, 0.3) is 0 Å². The molecule has 1 aromatic heterocycles. The van der Waals surface area contributed by atoms with Crippen LogP contribution >= 0.6 is 0 Å². The molecule has 0 aliphatic carbocycles. The lowest BCUT2D eigenvalue weighted by molar-refractivity contribution is -0.129. The number of rotatable bonds is 3. The molecular weight excluding hydrogens is 264 g/mol. The van der Waals surface area contributed by atoms with Crippen LogP contribution in [0, 0.1) is 13.8 Å². The van der Waals surface area contributed by atoms with E-state index in [9.17, 15) is 4.79 Å². The number of benzene rings is 1. The van der Waals surface area contributed by atoms with Gasteiger partial charge in [-0.3, -0.25) is 14.8 Å². The van der Waals surface area contributed by atoms with Crippen molar-refractivity contribution in [3.05, 3.63) is 52.8 Å². The Bertz CT molecular complexity index is 649. The van der Waals surface area contributed by atoms with Crippen molar-refractivity contribution in [1.29, 1.82) is 0 Å². The van der Waals surface area contributed by atoms with E-state index in [1.807, 2.05) is 31.3 Å². The summed E-state index contributed by atoms with van der Waals surface area (Å²) in [7, 11) is 0. The van der Waals surface area contributed by atoms with Crippen molar-refractivity contribution >= 4 is 5.91 Å². The van der Waals surface area contributed by atoms with E-state index in [0.717, 1.165) is 28.9 Å². The summed E-state index contributed by atoms with van der Waals surface area (Å²) in [5.74, 6) is 0.0766. The molecule has 110 valence electrons. The van der Waals surface area contributed by atoms with E-state index in [0.29, 0.717) is 13.1 Å². The number of nitrogens with zero attached hydrogens (tertiary/aromatic N) is 2. The maximum Gasteiger partial charge on any atom is 0.242 e. The van der Waals surface area contributed by atoms with E-state index in [-0.39, 0.29) is 11.9 Å². The first-order valence-corrected chi connectivity index (χ1v) is 7.23. The van der Waals surface area contributed by atoms with Gasteiger partial charge in [-0.05, 0) is 30.5 Å². The molecule has 2 N–H and O–H groups in total. The molecule has 1 aliphatic rings. The molecule has 0 bridgehead atoms. The summed E-state index contributed by atoms with van der Waals surface area (Å²) in [6.07, 6.45) is 1.82. The molecular formula is C16H20N4O. The van der Waals surface area contributed by atoms with Gasteiger partial charge in [-0.15, -0.1) is 0 Å². The van der Waals surface area contributed by atoms with Crippen molar-refractivity contribution < 1.29 is 4.79 Å². The number of carbonyl (C=O) groups is 1. The number of carbonyl (C=O) groups excluding carboxylic acids is 1. The molecule has 5 heteroatoms. The van der Waals surface area contributed by atoms with Gasteiger partial charge in [0, 0.05) is 19.6 Å². The van der Waals surface area contributed by atoms with E-state index in [4.69, 9.17) is 0 Å². The highest BCUT2D eigenvalue weighted by atomic mass is 16.2. The van der Waals surface area contributed by atoms with Crippen LogP contribution in [0.4, 0.5) is 0 Å². The fraction of sp³-hybridized carbons (Fsp3) is 0.375. The van der Waals surface area contributed by atoms with Crippen molar-refractivity contribution in [2.45, 2.75) is 26.4 Å². The molecule has 1 amide bonds. The minimum Gasteiger partial charge on any atom is -0.353 e. The highest BCUT2D eigenvalue weighted by molar-refractivity contribution is 5.84. The molecule has 0 radical (unpaired) electrons. The van der Waals surface area contributed by atoms with Crippen molar-refractivity contribution in [3.8, 4) is 0 Å². The van der Waals surface area contributed by atoms with Gasteiger partial charge in [0.1, 0.15) is 6.04 Å². The molecule has 5 nitrogen and oxygen atoms in total. The number of hydrogen-bond donors (Lipinski definition) is 2. The van der Waals surface area contributed by atoms with Crippen LogP contribution in [0.2, 0.25) is 0 Å². The van der Waals surface area contributed by atoms with Crippen LogP contribution in [-0.2, 0) is 11.3 Å². The molecule has 1 saturated heterocycles. The first-order chi connectivity index (χ1) is 10.2. The number of aromatic nitrogens is 2. The number of nitrogens with one attached hydrogen (secondary N) is 2. The zero-order valence-electron chi connectivity index (χ0n) is 12.4. The maximum atomic E-state index is 12.4. The summed E-state index contributed by atoms with van der Waals surface area (Å²) in [6, 6.07) is 7.85. The maximum absolute atomic E-state index is 12.4. The topological polar surface area (TPSA) is 61.0 Å². The number of aryl methyl sites for hydroxylation is 2. The first-order valence-electron chi connectivity index (χ1n) is 7.23. The number of amides is 1. The molecule has 0 spiro atoms. The third-order valence-corrected chi connectivity index (χ3v) is 4.09. The van der Waals surface area contributed by atoms with Gasteiger partial charge in [0.15, 0.2) is 0 Å². The Morgan fingerprint density at radius 3 is 2.81 bits per heavy atom. The van der Waals surface area contributed by atoms with Crippen LogP contribution in [0.1, 0.15) is 28.4 Å². The molecule has 1 aromatic carbocycles. The molecule has 0 saturated carbocycles. The average molecular weight is 284 g/mol. The van der Waals surface area contributed by atoms with Gasteiger partial charge in [0.05, 0.1) is 11.9 Å². The summed E-state index contributed by atoms with van der Waals surface area (Å²) >= 11 is 0. The molecule has 21 heavy (non-hydrogen) atoms. The van der Waals surface area contributed by atoms with Gasteiger partial charge in [-0.1, -0.05) is 24.3 Å². The molecule has 3 rings (SSSR count). The molecule has 2 aromatic rings. The van der Waals surface area contributed by atoms with Crippen molar-refractivity contribution in [3.63, 3.8) is 0 Å². The van der Waals surface area contributed by atoms with Crippen molar-refractivity contribution in [1.82, 2.24) is 20.4 Å². The van der Waals surface area contributed by atoms with E-state index in [1.54, 1.807) is 0 Å². The summed E-state index contributed by atoms with van der Waals surface area (Å²) < 4.78 is 0. The zero-order valence-corrected chi connectivity index (χ0v) is 12.4. The largest absolute Gasteiger partial charge is 0.353 e. The SMILES string of the molecule is Cc1ccccc1C1C(=O)NCCN1Cc1[nH]ncc1C. The van der Waals surface area contributed by atoms with Gasteiger partial charge >= 0.3 is 0 Å². The fourth-order valence-electron chi connectivity index (χ4n) is 2.85. The average Bonchev–Trinajstić information content (AvgIpc) is 2.86. The normalized spacial score (nSPS) is 19.5. The fourth-order valence-corrected chi connectivity index (χ4v) is 2.85. The van der Waals surface area contributed by atoms with E-state index in [1.165, 1.54) is 0 Å². The molecule has 1 unspecified atom stereocenters. The molecule has 1 atom stereocenters. The standard InChI is InChI=1S/C16H20N4O/c1-11-5-3-4-6-13(11)15-16(21)17-7-8-20(15)10-14-12(2)9-18-19-14/h3-6,9,15H,7-8,10H2,1-2H3,(H,17,21)(H,18,19). The molecule has 1 fully saturated rings. The quantitative estimate of drug-likeness (QED) is 0.902. The predicted molar refractivity (Wildman–Crippen MR) is 80.7 cm³/mol. The third-order valence-electron chi connectivity index (χ3n) is 4.09. The summed E-state index contributed by atoms with van der Waals surface area (Å²) in [6.45, 7) is 6.32. The van der Waals surface area contributed by atoms with Gasteiger partial charge in [-0.2, -0.15) is 5.10 Å². The second-order valence-corrected chi connectivity index (χ2v) is 5.55. The highest BCUT2D eigenvalue weighted by Crippen LogP contribution is 2.27. The van der Waals surface area contributed by atoms with Crippen LogP contribution in [0.15, 0.2) is 30.5 Å². The van der Waals surface area contributed by atoms with Crippen LogP contribution in [0.5, 0.6) is 0 Å². The first kappa shape index (κ1) is 13.8. The Hall–Kier alpha value is -2.14. The number of hydrogen-bond acceptors (Lipinski definition) is 3. The summed E-state index contributed by atoms with van der Waals surface area (Å²) in [4.78, 5) is 14.6. The lowest BCUT2D eigenvalue weighted by atomic mass is 9.97. The Morgan fingerprint density at radius 2 is 2.10 bits per heavy atom. The highest BCUT2D eigenvalue weighted by Gasteiger charge is 2.32. The van der Waals surface area contributed by atoms with E-state index >= 15 is 0 Å². The Labute approximate surface area is 124 Å². The summed E-state index contributed by atoms with van der Waals surface area (Å²) in [5.41, 5.74) is 4.42. The van der Waals surface area contributed by atoms with Crippen LogP contribution in [-0.4, -0.2) is 34.1 Å². The van der Waals surface area contributed by atoms with Gasteiger partial charge in [-0.25, -0.2) is 0 Å². The Balaban J connectivity index is 1.92. The monoisotopic (exact) mass is 284 g/mol. The molecule has 1 aliphatic heterocycles. The number of piperazine rings is 1. The summed E-state index contributed by atoms with van der Waals surface area (Å²) in [5, 5.41) is 10.1. The van der Waals surface area contributed by atoms with E-state index in [2.05, 4.69) is 33.4 Å². The Morgan fingerprint density at radius 1 is 1.29 bits per heavy atom. The van der Waals surface area contributed by atoms with Gasteiger partial charge in [0.2, 0.25) is 5.91 Å². The zero-order chi connectivity index (χ0) is 14.8. The lowest BCUT2D eigenvalue weighted by Crippen LogP contribution is -2.49. The number of aromatic amines is 1. The van der Waals surface area contributed by atoms with Crippen LogP contribution in [0.3, 0.4) is 0 Å². The predicted octanol–water partition coefficient (Wildman–Crippen LogP) is 1.70. The smallest absolute Gasteiger partial charge is 0.242 e. The van der Waals surface area contributed by atoms with Gasteiger partial charge < -0.3 is 5.32 Å². The van der Waals surface area contributed by atoms with E-state index < -0.39 is 0 Å².